The molecule has 1 aromatic heterocycles. The van der Waals surface area contributed by atoms with Gasteiger partial charge in [-0.3, -0.25) is 4.79 Å². The van der Waals surface area contributed by atoms with Crippen LogP contribution in [0.4, 0.5) is 0 Å². The van der Waals surface area contributed by atoms with Crippen LogP contribution in [-0.2, 0) is 21.4 Å². The van der Waals surface area contributed by atoms with Gasteiger partial charge in [-0.05, 0) is 24.3 Å². The number of tetrazole rings is 1. The van der Waals surface area contributed by atoms with E-state index < -0.39 is 10.0 Å². The molecule has 34 heavy (non-hydrogen) atoms. The summed E-state index contributed by atoms with van der Waals surface area (Å²) in [6.07, 6.45) is 0. The molecular formula is C22H24N6O5S. The Morgan fingerprint density at radius 2 is 1.68 bits per heavy atom. The quantitative estimate of drug-likeness (QED) is 0.525. The van der Waals surface area contributed by atoms with Crippen LogP contribution in [0.2, 0.25) is 0 Å². The minimum Gasteiger partial charge on any atom is -0.486 e. The van der Waals surface area contributed by atoms with Crippen LogP contribution in [0.1, 0.15) is 5.56 Å². The lowest BCUT2D eigenvalue weighted by Gasteiger charge is -2.34. The summed E-state index contributed by atoms with van der Waals surface area (Å²) in [6, 6.07) is 12.3. The van der Waals surface area contributed by atoms with E-state index in [1.165, 1.54) is 21.2 Å². The summed E-state index contributed by atoms with van der Waals surface area (Å²) >= 11 is 0. The van der Waals surface area contributed by atoms with Crippen molar-refractivity contribution in [2.45, 2.75) is 18.4 Å². The molecule has 2 aliphatic rings. The summed E-state index contributed by atoms with van der Waals surface area (Å²) in [5, 5.41) is 12.3. The van der Waals surface area contributed by atoms with Crippen LogP contribution in [0.15, 0.2) is 47.4 Å². The number of aromatic nitrogens is 4. The lowest BCUT2D eigenvalue weighted by Crippen LogP contribution is -2.51. The third kappa shape index (κ3) is 4.46. The zero-order chi connectivity index (χ0) is 23.7. The maximum absolute atomic E-state index is 13.1. The molecule has 0 bridgehead atoms. The van der Waals surface area contributed by atoms with E-state index in [1.54, 1.807) is 11.0 Å². The van der Waals surface area contributed by atoms with E-state index in [2.05, 4.69) is 15.4 Å². The van der Waals surface area contributed by atoms with E-state index in [0.717, 1.165) is 11.1 Å². The minimum atomic E-state index is -3.71. The fraction of sp³-hybridized carbons (Fsp3) is 0.364. The Hall–Kier alpha value is -3.51. The Balaban J connectivity index is 1.20. The number of piperazine rings is 1. The number of fused-ring (bicyclic) bond motifs is 1. The summed E-state index contributed by atoms with van der Waals surface area (Å²) in [5.41, 5.74) is 1.95. The molecule has 0 radical (unpaired) electrons. The molecule has 0 spiro atoms. The Morgan fingerprint density at radius 1 is 0.971 bits per heavy atom. The number of amides is 1. The highest BCUT2D eigenvalue weighted by molar-refractivity contribution is 7.89. The zero-order valence-electron chi connectivity index (χ0n) is 18.6. The third-order valence-electron chi connectivity index (χ3n) is 5.78. The van der Waals surface area contributed by atoms with Gasteiger partial charge in [0.25, 0.3) is 0 Å². The van der Waals surface area contributed by atoms with Gasteiger partial charge in [-0.1, -0.05) is 29.8 Å². The number of hydrogen-bond donors (Lipinski definition) is 0. The van der Waals surface area contributed by atoms with Crippen molar-refractivity contribution in [1.29, 1.82) is 0 Å². The van der Waals surface area contributed by atoms with Crippen molar-refractivity contribution in [3.05, 3.63) is 48.0 Å². The summed E-state index contributed by atoms with van der Waals surface area (Å²) in [5.74, 6) is 1.21. The fourth-order valence-corrected chi connectivity index (χ4v) is 5.30. The van der Waals surface area contributed by atoms with Crippen molar-refractivity contribution in [2.75, 3.05) is 39.4 Å². The van der Waals surface area contributed by atoms with Crippen LogP contribution >= 0.6 is 0 Å². The van der Waals surface area contributed by atoms with Crippen LogP contribution in [-0.4, -0.2) is 83.1 Å². The molecule has 12 heteroatoms. The van der Waals surface area contributed by atoms with E-state index >= 15 is 0 Å². The number of hydrogen-bond acceptors (Lipinski definition) is 8. The molecule has 1 saturated heterocycles. The number of carbonyl (C=O) groups is 1. The predicted molar refractivity (Wildman–Crippen MR) is 121 cm³/mol. The minimum absolute atomic E-state index is 0.0617. The molecule has 1 fully saturated rings. The van der Waals surface area contributed by atoms with Crippen molar-refractivity contribution in [2.24, 2.45) is 0 Å². The van der Waals surface area contributed by atoms with Crippen LogP contribution in [0.5, 0.6) is 11.5 Å². The maximum Gasteiger partial charge on any atom is 0.246 e. The van der Waals surface area contributed by atoms with E-state index in [9.17, 15) is 13.2 Å². The van der Waals surface area contributed by atoms with Crippen molar-refractivity contribution in [3.8, 4) is 22.9 Å². The van der Waals surface area contributed by atoms with Gasteiger partial charge in [-0.15, -0.1) is 10.2 Å². The lowest BCUT2D eigenvalue weighted by molar-refractivity contribution is -0.133. The first-order valence-corrected chi connectivity index (χ1v) is 12.4. The van der Waals surface area contributed by atoms with Gasteiger partial charge in [0.1, 0.15) is 19.8 Å². The first-order valence-electron chi connectivity index (χ1n) is 10.9. The third-order valence-corrected chi connectivity index (χ3v) is 7.68. The number of aryl methyl sites for hydroxylation is 1. The average molecular weight is 485 g/mol. The van der Waals surface area contributed by atoms with Gasteiger partial charge in [0.2, 0.25) is 21.8 Å². The molecule has 0 atom stereocenters. The van der Waals surface area contributed by atoms with Crippen molar-refractivity contribution < 1.29 is 22.7 Å². The van der Waals surface area contributed by atoms with Crippen molar-refractivity contribution >= 4 is 15.9 Å². The van der Waals surface area contributed by atoms with Gasteiger partial charge in [-0.2, -0.15) is 9.10 Å². The van der Waals surface area contributed by atoms with Crippen molar-refractivity contribution in [1.82, 2.24) is 29.4 Å². The fourth-order valence-electron chi connectivity index (χ4n) is 3.86. The van der Waals surface area contributed by atoms with Gasteiger partial charge in [-0.25, -0.2) is 8.42 Å². The molecule has 2 aromatic carbocycles. The molecule has 0 saturated carbocycles. The number of carbonyl (C=O) groups excluding carboxylic acids is 1. The summed E-state index contributed by atoms with van der Waals surface area (Å²) in [7, 11) is -3.71. The Kier molecular flexibility index (Phi) is 5.92. The molecule has 0 aliphatic carbocycles. The summed E-state index contributed by atoms with van der Waals surface area (Å²) < 4.78 is 38.5. The largest absolute Gasteiger partial charge is 0.486 e. The SMILES string of the molecule is Cc1ccc(-c2nnn(CC(=O)N3CCN(S(=O)(=O)c4ccc5c(c4)OCCO5)CC3)n2)cc1. The number of nitrogens with zero attached hydrogens (tertiary/aromatic N) is 6. The molecule has 3 heterocycles. The summed E-state index contributed by atoms with van der Waals surface area (Å²) in [4.78, 5) is 15.8. The van der Waals surface area contributed by atoms with Crippen molar-refractivity contribution in [3.63, 3.8) is 0 Å². The Morgan fingerprint density at radius 3 is 2.41 bits per heavy atom. The zero-order valence-corrected chi connectivity index (χ0v) is 19.4. The predicted octanol–water partition coefficient (Wildman–Crippen LogP) is 0.953. The highest BCUT2D eigenvalue weighted by Crippen LogP contribution is 2.33. The molecule has 5 rings (SSSR count). The number of sulfonamides is 1. The van der Waals surface area contributed by atoms with Gasteiger partial charge >= 0.3 is 0 Å². The van der Waals surface area contributed by atoms with E-state index in [1.807, 2.05) is 31.2 Å². The molecule has 2 aliphatic heterocycles. The average Bonchev–Trinajstić information content (AvgIpc) is 3.32. The lowest BCUT2D eigenvalue weighted by atomic mass is 10.1. The monoisotopic (exact) mass is 484 g/mol. The molecule has 0 N–H and O–H groups in total. The number of benzene rings is 2. The van der Waals surface area contributed by atoms with E-state index in [4.69, 9.17) is 9.47 Å². The standard InChI is InChI=1S/C22H24N6O5S/c1-16-2-4-17(5-3-16)22-23-25-28(24-22)15-21(29)26-8-10-27(11-9-26)34(30,31)18-6-7-19-20(14-18)33-13-12-32-19/h2-7,14H,8-13,15H2,1H3. The molecule has 1 amide bonds. The Labute approximate surface area is 196 Å². The van der Waals surface area contributed by atoms with Crippen LogP contribution in [0, 0.1) is 6.92 Å². The van der Waals surface area contributed by atoms with Crippen LogP contribution < -0.4 is 9.47 Å². The highest BCUT2D eigenvalue weighted by atomic mass is 32.2. The van der Waals surface area contributed by atoms with Crippen LogP contribution in [0.25, 0.3) is 11.4 Å². The molecule has 0 unspecified atom stereocenters. The smallest absolute Gasteiger partial charge is 0.246 e. The number of rotatable bonds is 5. The second-order valence-electron chi connectivity index (χ2n) is 8.10. The topological polar surface area (TPSA) is 120 Å². The summed E-state index contributed by atoms with van der Waals surface area (Å²) in [6.45, 7) is 3.70. The van der Waals surface area contributed by atoms with Gasteiger partial charge in [0.05, 0.1) is 4.90 Å². The van der Waals surface area contributed by atoms with E-state index in [0.29, 0.717) is 30.5 Å². The highest BCUT2D eigenvalue weighted by Gasteiger charge is 2.31. The maximum atomic E-state index is 13.1. The normalized spacial score (nSPS) is 16.4. The molecule has 178 valence electrons. The van der Waals surface area contributed by atoms with Crippen LogP contribution in [0.3, 0.4) is 0 Å². The molecule has 11 nitrogen and oxygen atoms in total. The van der Waals surface area contributed by atoms with Gasteiger partial charge in [0, 0.05) is 37.8 Å². The molecular weight excluding hydrogens is 460 g/mol. The van der Waals surface area contributed by atoms with E-state index in [-0.39, 0.29) is 43.5 Å². The second kappa shape index (κ2) is 9.03. The number of ether oxygens (including phenoxy) is 2. The Bertz CT molecular complexity index is 1300. The second-order valence-corrected chi connectivity index (χ2v) is 10.0. The van der Waals surface area contributed by atoms with Gasteiger partial charge < -0.3 is 14.4 Å². The first-order chi connectivity index (χ1) is 16.4. The first kappa shape index (κ1) is 22.3. The molecule has 3 aromatic rings. The van der Waals surface area contributed by atoms with Gasteiger partial charge in [0.15, 0.2) is 11.5 Å².